The minimum absolute atomic E-state index is 0.327. The van der Waals surface area contributed by atoms with E-state index >= 15 is 0 Å². The van der Waals surface area contributed by atoms with Gasteiger partial charge in [0.15, 0.2) is 0 Å². The minimum atomic E-state index is 0.327. The SMILES string of the molecule is CC(=O)CCCCN(C)C1CCCCC1C. The first-order valence-corrected chi connectivity index (χ1v) is 6.81. The summed E-state index contributed by atoms with van der Waals surface area (Å²) < 4.78 is 0. The van der Waals surface area contributed by atoms with Crippen molar-refractivity contribution >= 4 is 5.78 Å². The number of Topliss-reactive ketones (excluding diaryl/α,β-unsaturated/α-hetero) is 1. The van der Waals surface area contributed by atoms with E-state index in [2.05, 4.69) is 18.9 Å². The number of nitrogens with zero attached hydrogens (tertiary/aromatic N) is 1. The highest BCUT2D eigenvalue weighted by molar-refractivity contribution is 5.75. The van der Waals surface area contributed by atoms with Gasteiger partial charge in [-0.2, -0.15) is 0 Å². The first kappa shape index (κ1) is 13.7. The van der Waals surface area contributed by atoms with Crippen LogP contribution in [0.25, 0.3) is 0 Å². The van der Waals surface area contributed by atoms with Crippen LogP contribution in [0.1, 0.15) is 58.8 Å². The molecule has 0 radical (unpaired) electrons. The molecule has 1 aliphatic carbocycles. The van der Waals surface area contributed by atoms with Crippen LogP contribution < -0.4 is 0 Å². The van der Waals surface area contributed by atoms with Gasteiger partial charge in [0.2, 0.25) is 0 Å². The average Bonchev–Trinajstić information content (AvgIpc) is 2.24. The molecule has 0 aliphatic heterocycles. The van der Waals surface area contributed by atoms with Crippen LogP contribution in [0.5, 0.6) is 0 Å². The molecule has 1 saturated carbocycles. The lowest BCUT2D eigenvalue weighted by molar-refractivity contribution is -0.117. The molecule has 0 N–H and O–H groups in total. The second-order valence-corrected chi connectivity index (χ2v) is 5.47. The van der Waals surface area contributed by atoms with Crippen molar-refractivity contribution in [3.05, 3.63) is 0 Å². The standard InChI is InChI=1S/C14H27NO/c1-12-8-4-5-10-14(12)15(3)11-7-6-9-13(2)16/h12,14H,4-11H2,1-3H3. The summed E-state index contributed by atoms with van der Waals surface area (Å²) in [5, 5.41) is 0. The van der Waals surface area contributed by atoms with Gasteiger partial charge in [0.1, 0.15) is 5.78 Å². The van der Waals surface area contributed by atoms with Crippen LogP contribution in [0.2, 0.25) is 0 Å². The van der Waals surface area contributed by atoms with Crippen molar-refractivity contribution in [1.82, 2.24) is 4.90 Å². The fraction of sp³-hybridized carbons (Fsp3) is 0.929. The van der Waals surface area contributed by atoms with Crippen LogP contribution in [0.3, 0.4) is 0 Å². The molecule has 0 aromatic carbocycles. The van der Waals surface area contributed by atoms with Gasteiger partial charge in [-0.15, -0.1) is 0 Å². The molecule has 2 atom stereocenters. The zero-order valence-electron chi connectivity index (χ0n) is 11.2. The first-order chi connectivity index (χ1) is 7.61. The summed E-state index contributed by atoms with van der Waals surface area (Å²) in [7, 11) is 2.25. The summed E-state index contributed by atoms with van der Waals surface area (Å²) in [5.74, 6) is 1.18. The zero-order valence-corrected chi connectivity index (χ0v) is 11.2. The summed E-state index contributed by atoms with van der Waals surface area (Å²) >= 11 is 0. The van der Waals surface area contributed by atoms with E-state index in [1.54, 1.807) is 6.92 Å². The highest BCUT2D eigenvalue weighted by Gasteiger charge is 2.24. The number of ketones is 1. The fourth-order valence-corrected chi connectivity index (χ4v) is 2.85. The van der Waals surface area contributed by atoms with Gasteiger partial charge in [-0.1, -0.05) is 19.8 Å². The molecule has 0 heterocycles. The first-order valence-electron chi connectivity index (χ1n) is 6.81. The minimum Gasteiger partial charge on any atom is -0.303 e. The van der Waals surface area contributed by atoms with E-state index in [0.29, 0.717) is 5.78 Å². The second kappa shape index (κ2) is 7.05. The summed E-state index contributed by atoms with van der Waals surface area (Å²) in [6, 6.07) is 0.783. The third-order valence-corrected chi connectivity index (χ3v) is 3.92. The fourth-order valence-electron chi connectivity index (χ4n) is 2.85. The van der Waals surface area contributed by atoms with Crippen LogP contribution >= 0.6 is 0 Å². The summed E-state index contributed by atoms with van der Waals surface area (Å²) in [6.07, 6.45) is 8.55. The summed E-state index contributed by atoms with van der Waals surface area (Å²) in [5.41, 5.74) is 0. The molecule has 0 saturated heterocycles. The molecule has 0 aromatic heterocycles. The predicted octanol–water partition coefficient (Wildman–Crippen LogP) is 3.26. The van der Waals surface area contributed by atoms with Crippen LogP contribution in [0, 0.1) is 5.92 Å². The van der Waals surface area contributed by atoms with E-state index < -0.39 is 0 Å². The predicted molar refractivity (Wildman–Crippen MR) is 68.6 cm³/mol. The Morgan fingerprint density at radius 3 is 2.56 bits per heavy atom. The van der Waals surface area contributed by atoms with Crippen molar-refractivity contribution in [2.45, 2.75) is 64.8 Å². The smallest absolute Gasteiger partial charge is 0.129 e. The highest BCUT2D eigenvalue weighted by atomic mass is 16.1. The van der Waals surface area contributed by atoms with E-state index in [1.807, 2.05) is 0 Å². The van der Waals surface area contributed by atoms with Gasteiger partial charge in [0.05, 0.1) is 0 Å². The third-order valence-electron chi connectivity index (χ3n) is 3.92. The topological polar surface area (TPSA) is 20.3 Å². The number of hydrogen-bond donors (Lipinski definition) is 0. The maximum Gasteiger partial charge on any atom is 0.129 e. The van der Waals surface area contributed by atoms with E-state index in [1.165, 1.54) is 32.1 Å². The molecule has 0 spiro atoms. The van der Waals surface area contributed by atoms with Gasteiger partial charge in [-0.3, -0.25) is 0 Å². The number of unbranched alkanes of at least 4 members (excludes halogenated alkanes) is 1. The molecular formula is C14H27NO. The molecule has 1 rings (SSSR count). The van der Waals surface area contributed by atoms with Gasteiger partial charge in [-0.25, -0.2) is 0 Å². The van der Waals surface area contributed by atoms with Gasteiger partial charge in [-0.05, 0) is 52.1 Å². The third kappa shape index (κ3) is 4.65. The van der Waals surface area contributed by atoms with Gasteiger partial charge in [0.25, 0.3) is 0 Å². The number of hydrogen-bond acceptors (Lipinski definition) is 2. The van der Waals surface area contributed by atoms with E-state index in [-0.39, 0.29) is 0 Å². The zero-order chi connectivity index (χ0) is 12.0. The van der Waals surface area contributed by atoms with Crippen molar-refractivity contribution in [3.8, 4) is 0 Å². The molecule has 0 amide bonds. The van der Waals surface area contributed by atoms with Crippen LogP contribution in [-0.2, 0) is 4.79 Å². The Bertz CT molecular complexity index is 215. The van der Waals surface area contributed by atoms with E-state index in [4.69, 9.17) is 0 Å². The van der Waals surface area contributed by atoms with E-state index in [0.717, 1.165) is 31.3 Å². The monoisotopic (exact) mass is 225 g/mol. The van der Waals surface area contributed by atoms with Gasteiger partial charge >= 0.3 is 0 Å². The largest absolute Gasteiger partial charge is 0.303 e. The van der Waals surface area contributed by atoms with Crippen LogP contribution in [0.4, 0.5) is 0 Å². The molecule has 16 heavy (non-hydrogen) atoms. The molecule has 1 fully saturated rings. The average molecular weight is 225 g/mol. The second-order valence-electron chi connectivity index (χ2n) is 5.47. The molecule has 1 aliphatic rings. The van der Waals surface area contributed by atoms with Crippen molar-refractivity contribution in [3.63, 3.8) is 0 Å². The Kier molecular flexibility index (Phi) is 6.04. The Morgan fingerprint density at radius 2 is 1.94 bits per heavy atom. The Balaban J connectivity index is 2.17. The lowest BCUT2D eigenvalue weighted by atomic mass is 9.85. The molecule has 2 heteroatoms. The molecule has 2 nitrogen and oxygen atoms in total. The number of carbonyl (C=O) groups is 1. The summed E-state index contributed by atoms with van der Waals surface area (Å²) in [6.45, 7) is 5.23. The molecular weight excluding hydrogens is 198 g/mol. The normalized spacial score (nSPS) is 26.0. The maximum atomic E-state index is 10.8. The quantitative estimate of drug-likeness (QED) is 0.647. The Morgan fingerprint density at radius 1 is 1.25 bits per heavy atom. The number of rotatable bonds is 6. The molecule has 2 unspecified atom stereocenters. The lowest BCUT2D eigenvalue weighted by Gasteiger charge is -2.36. The van der Waals surface area contributed by atoms with Crippen LogP contribution in [0.15, 0.2) is 0 Å². The van der Waals surface area contributed by atoms with Crippen molar-refractivity contribution in [1.29, 1.82) is 0 Å². The Labute approximate surface area is 100 Å². The van der Waals surface area contributed by atoms with Crippen molar-refractivity contribution in [2.24, 2.45) is 5.92 Å². The summed E-state index contributed by atoms with van der Waals surface area (Å²) in [4.78, 5) is 13.3. The van der Waals surface area contributed by atoms with E-state index in [9.17, 15) is 4.79 Å². The van der Waals surface area contributed by atoms with Crippen molar-refractivity contribution in [2.75, 3.05) is 13.6 Å². The molecule has 0 bridgehead atoms. The number of carbonyl (C=O) groups excluding carboxylic acids is 1. The van der Waals surface area contributed by atoms with Gasteiger partial charge in [0, 0.05) is 12.5 Å². The lowest BCUT2D eigenvalue weighted by Crippen LogP contribution is -2.39. The maximum absolute atomic E-state index is 10.8. The molecule has 94 valence electrons. The van der Waals surface area contributed by atoms with Gasteiger partial charge < -0.3 is 9.69 Å². The van der Waals surface area contributed by atoms with Crippen LogP contribution in [-0.4, -0.2) is 30.3 Å². The highest BCUT2D eigenvalue weighted by Crippen LogP contribution is 2.27. The van der Waals surface area contributed by atoms with Crippen molar-refractivity contribution < 1.29 is 4.79 Å². The molecule has 0 aromatic rings. The Hall–Kier alpha value is -0.370.